The van der Waals surface area contributed by atoms with Crippen LogP contribution in [-0.4, -0.2) is 140 Å². The van der Waals surface area contributed by atoms with Gasteiger partial charge in [-0.2, -0.15) is 0 Å². The molecule has 0 radical (unpaired) electrons. The van der Waals surface area contributed by atoms with E-state index in [1.165, 1.54) is 109 Å². The van der Waals surface area contributed by atoms with Crippen LogP contribution in [-0.2, 0) is 23.7 Å². The Morgan fingerprint density at radius 3 is 1.52 bits per heavy atom. The maximum Gasteiger partial charge on any atom is 0.220 e. The third kappa shape index (κ3) is 24.5. The number of hydrogen-bond acceptors (Lipinski definition) is 13. The molecule has 14 heteroatoms. The first-order chi connectivity index (χ1) is 31.1. The second kappa shape index (κ2) is 37.5. The zero-order chi connectivity index (χ0) is 46.8. The molecule has 64 heavy (non-hydrogen) atoms. The predicted molar refractivity (Wildman–Crippen MR) is 249 cm³/mol. The summed E-state index contributed by atoms with van der Waals surface area (Å²) >= 11 is 0. The Balaban J connectivity index is 1.85. The number of carbonyl (C=O) groups excluding carboxylic acids is 1. The molecule has 12 unspecified atom stereocenters. The molecule has 0 bridgehead atoms. The molecule has 1 amide bonds. The molecular formula is C50H93NO13. The number of allylic oxidation sites excluding steroid dienone is 3. The van der Waals surface area contributed by atoms with Crippen molar-refractivity contribution in [2.24, 2.45) is 0 Å². The van der Waals surface area contributed by atoms with Crippen LogP contribution < -0.4 is 5.32 Å². The first-order valence-corrected chi connectivity index (χ1v) is 25.6. The SMILES string of the molecule is CCCCC/C=C\CCCCCCCC(=O)NC(COC1OC(CO)C(OC2OC(CO)C(O)C(O)C2O)C(O)C1O)C(O)/C=C/CCCCCCCCCCCCCCCCCC. The summed E-state index contributed by atoms with van der Waals surface area (Å²) < 4.78 is 22.7. The number of aliphatic hydroxyl groups is 8. The maximum atomic E-state index is 13.1. The normalized spacial score (nSPS) is 27.4. The molecule has 0 aromatic heterocycles. The lowest BCUT2D eigenvalue weighted by atomic mass is 9.97. The van der Waals surface area contributed by atoms with E-state index in [4.69, 9.17) is 18.9 Å². The van der Waals surface area contributed by atoms with E-state index in [0.717, 1.165) is 57.8 Å². The van der Waals surface area contributed by atoms with E-state index in [1.54, 1.807) is 6.08 Å². The summed E-state index contributed by atoms with van der Waals surface area (Å²) in [4.78, 5) is 13.1. The first kappa shape index (κ1) is 58.6. The van der Waals surface area contributed by atoms with Gasteiger partial charge in [-0.05, 0) is 44.9 Å². The molecule has 12 atom stereocenters. The number of unbranched alkanes of at least 4 members (excludes halogenated alkanes) is 24. The summed E-state index contributed by atoms with van der Waals surface area (Å²) in [6.07, 6.45) is 23.6. The lowest BCUT2D eigenvalue weighted by molar-refractivity contribution is -0.359. The third-order valence-electron chi connectivity index (χ3n) is 12.6. The first-order valence-electron chi connectivity index (χ1n) is 25.6. The summed E-state index contributed by atoms with van der Waals surface area (Å²) in [6.45, 7) is 2.75. The van der Waals surface area contributed by atoms with Gasteiger partial charge in [0.2, 0.25) is 5.91 Å². The highest BCUT2D eigenvalue weighted by atomic mass is 16.7. The smallest absolute Gasteiger partial charge is 0.220 e. The highest BCUT2D eigenvalue weighted by Gasteiger charge is 2.51. The van der Waals surface area contributed by atoms with Gasteiger partial charge in [0, 0.05) is 6.42 Å². The lowest BCUT2D eigenvalue weighted by Crippen LogP contribution is -2.65. The molecule has 14 nitrogen and oxygen atoms in total. The van der Waals surface area contributed by atoms with Crippen LogP contribution in [0.1, 0.15) is 194 Å². The van der Waals surface area contributed by atoms with Crippen LogP contribution in [0.2, 0.25) is 0 Å². The van der Waals surface area contributed by atoms with Crippen molar-refractivity contribution in [3.8, 4) is 0 Å². The average Bonchev–Trinajstić information content (AvgIpc) is 3.29. The summed E-state index contributed by atoms with van der Waals surface area (Å²) in [6, 6.07) is -0.915. The van der Waals surface area contributed by atoms with E-state index in [-0.39, 0.29) is 18.9 Å². The number of amides is 1. The van der Waals surface area contributed by atoms with Gasteiger partial charge < -0.3 is 65.1 Å². The molecule has 0 aromatic rings. The topological polar surface area (TPSA) is 228 Å². The summed E-state index contributed by atoms with van der Waals surface area (Å²) in [5, 5.41) is 86.7. The fourth-order valence-corrected chi connectivity index (χ4v) is 8.40. The summed E-state index contributed by atoms with van der Waals surface area (Å²) in [7, 11) is 0. The highest BCUT2D eigenvalue weighted by molar-refractivity contribution is 5.76. The van der Waals surface area contributed by atoms with Gasteiger partial charge >= 0.3 is 0 Å². The number of hydrogen-bond donors (Lipinski definition) is 9. The van der Waals surface area contributed by atoms with E-state index in [0.29, 0.717) is 6.42 Å². The molecule has 0 saturated carbocycles. The van der Waals surface area contributed by atoms with Crippen molar-refractivity contribution in [1.29, 1.82) is 0 Å². The molecule has 2 aliphatic heterocycles. The zero-order valence-electron chi connectivity index (χ0n) is 39.8. The van der Waals surface area contributed by atoms with Crippen molar-refractivity contribution in [1.82, 2.24) is 5.32 Å². The van der Waals surface area contributed by atoms with Crippen molar-refractivity contribution in [2.45, 2.75) is 267 Å². The highest BCUT2D eigenvalue weighted by Crippen LogP contribution is 2.30. The van der Waals surface area contributed by atoms with Crippen molar-refractivity contribution in [3.63, 3.8) is 0 Å². The molecule has 2 rings (SSSR count). The minimum absolute atomic E-state index is 0.250. The molecule has 9 N–H and O–H groups in total. The van der Waals surface area contributed by atoms with E-state index in [1.807, 2.05) is 6.08 Å². The van der Waals surface area contributed by atoms with Gasteiger partial charge in [0.25, 0.3) is 0 Å². The molecule has 376 valence electrons. The van der Waals surface area contributed by atoms with Gasteiger partial charge in [-0.3, -0.25) is 4.79 Å². The Morgan fingerprint density at radius 1 is 0.547 bits per heavy atom. The third-order valence-corrected chi connectivity index (χ3v) is 12.6. The van der Waals surface area contributed by atoms with Gasteiger partial charge in [-0.15, -0.1) is 0 Å². The summed E-state index contributed by atoms with van der Waals surface area (Å²) in [5.41, 5.74) is 0. The zero-order valence-corrected chi connectivity index (χ0v) is 39.8. The molecule has 2 heterocycles. The molecular weight excluding hydrogens is 823 g/mol. The number of aliphatic hydroxyl groups excluding tert-OH is 8. The molecule has 2 saturated heterocycles. The van der Waals surface area contributed by atoms with Gasteiger partial charge in [0.1, 0.15) is 48.8 Å². The number of rotatable bonds is 39. The van der Waals surface area contributed by atoms with Crippen molar-refractivity contribution < 1.29 is 64.6 Å². The minimum atomic E-state index is -1.79. The Labute approximate surface area is 386 Å². The molecule has 0 aromatic carbocycles. The van der Waals surface area contributed by atoms with Crippen LogP contribution in [0.15, 0.2) is 24.3 Å². The van der Waals surface area contributed by atoms with Crippen LogP contribution in [0.3, 0.4) is 0 Å². The van der Waals surface area contributed by atoms with Gasteiger partial charge in [-0.1, -0.05) is 167 Å². The van der Waals surface area contributed by atoms with E-state index in [2.05, 4.69) is 31.3 Å². The van der Waals surface area contributed by atoms with Gasteiger partial charge in [-0.25, -0.2) is 0 Å². The largest absolute Gasteiger partial charge is 0.394 e. The number of ether oxygens (including phenoxy) is 4. The van der Waals surface area contributed by atoms with Gasteiger partial charge in [0.15, 0.2) is 12.6 Å². The Kier molecular flexibility index (Phi) is 34.3. The molecule has 0 aliphatic carbocycles. The Morgan fingerprint density at radius 2 is 0.984 bits per heavy atom. The predicted octanol–water partition coefficient (Wildman–Crippen LogP) is 6.55. The fraction of sp³-hybridized carbons (Fsp3) is 0.900. The molecule has 0 spiro atoms. The minimum Gasteiger partial charge on any atom is -0.394 e. The van der Waals surface area contributed by atoms with Crippen molar-refractivity contribution in [2.75, 3.05) is 19.8 Å². The van der Waals surface area contributed by atoms with Crippen molar-refractivity contribution in [3.05, 3.63) is 24.3 Å². The van der Waals surface area contributed by atoms with E-state index < -0.39 is 86.8 Å². The summed E-state index contributed by atoms with van der Waals surface area (Å²) in [5.74, 6) is -0.250. The maximum absolute atomic E-state index is 13.1. The Bertz CT molecular complexity index is 1170. The van der Waals surface area contributed by atoms with Crippen LogP contribution in [0, 0.1) is 0 Å². The monoisotopic (exact) mass is 916 g/mol. The van der Waals surface area contributed by atoms with Crippen LogP contribution in [0.25, 0.3) is 0 Å². The number of carbonyl (C=O) groups is 1. The fourth-order valence-electron chi connectivity index (χ4n) is 8.40. The second-order valence-corrected chi connectivity index (χ2v) is 18.3. The molecule has 2 fully saturated rings. The second-order valence-electron chi connectivity index (χ2n) is 18.3. The Hall–Kier alpha value is -1.53. The van der Waals surface area contributed by atoms with Gasteiger partial charge in [0.05, 0.1) is 32.0 Å². The standard InChI is InChI=1S/C50H93NO13/c1-3-5-7-9-11-13-15-17-18-19-20-21-22-23-25-27-29-31-33-39(54)38(51-42(55)34-32-30-28-26-24-16-14-12-10-8-6-4-2)37-61-49-47(60)45(58)48(41(36-53)63-49)64-50-46(59)44(57)43(56)40(35-52)62-50/h12,14,31,33,38-41,43-50,52-54,56-60H,3-11,13,15-30,32,34-37H2,1-2H3,(H,51,55)/b14-12-,33-31+. The molecule has 2 aliphatic rings. The lowest BCUT2D eigenvalue weighted by Gasteiger charge is -2.46. The number of nitrogens with one attached hydrogen (secondary N) is 1. The van der Waals surface area contributed by atoms with E-state index in [9.17, 15) is 45.6 Å². The van der Waals surface area contributed by atoms with E-state index >= 15 is 0 Å². The van der Waals surface area contributed by atoms with Crippen molar-refractivity contribution >= 4 is 5.91 Å². The average molecular weight is 916 g/mol. The van der Waals surface area contributed by atoms with Crippen LogP contribution in [0.5, 0.6) is 0 Å². The van der Waals surface area contributed by atoms with Crippen LogP contribution in [0.4, 0.5) is 0 Å². The van der Waals surface area contributed by atoms with Crippen LogP contribution >= 0.6 is 0 Å². The quantitative estimate of drug-likeness (QED) is 0.0236.